The maximum Gasteiger partial charge on any atom is 0.227 e. The van der Waals surface area contributed by atoms with Gasteiger partial charge in [-0.1, -0.05) is 29.8 Å². The van der Waals surface area contributed by atoms with E-state index in [2.05, 4.69) is 25.7 Å². The van der Waals surface area contributed by atoms with Crippen LogP contribution in [0.5, 0.6) is 0 Å². The number of carbonyl (C=O) groups excluding carboxylic acids is 2. The third-order valence-electron chi connectivity index (χ3n) is 7.58. The van der Waals surface area contributed by atoms with Crippen molar-refractivity contribution in [2.24, 2.45) is 5.92 Å². The topological polar surface area (TPSA) is 43.9 Å². The van der Waals surface area contributed by atoms with Gasteiger partial charge < -0.3 is 9.80 Å². The van der Waals surface area contributed by atoms with E-state index in [1.807, 2.05) is 34.1 Å². The Hall–Kier alpha value is -2.51. The van der Waals surface area contributed by atoms with Crippen molar-refractivity contribution < 1.29 is 18.4 Å². The van der Waals surface area contributed by atoms with E-state index in [1.54, 1.807) is 6.92 Å². The Kier molecular flexibility index (Phi) is 7.72. The lowest BCUT2D eigenvalue weighted by Gasteiger charge is -2.32. The van der Waals surface area contributed by atoms with Gasteiger partial charge in [0.15, 0.2) is 0 Å². The van der Waals surface area contributed by atoms with Crippen molar-refractivity contribution in [1.82, 2.24) is 14.7 Å². The molecule has 4 rings (SSSR count). The smallest absolute Gasteiger partial charge is 0.227 e. The lowest BCUT2D eigenvalue weighted by molar-refractivity contribution is -0.136. The monoisotopic (exact) mass is 517 g/mol. The summed E-state index contributed by atoms with van der Waals surface area (Å²) < 4.78 is 28.5. The number of halogens is 3. The van der Waals surface area contributed by atoms with Crippen LogP contribution in [0.1, 0.15) is 57.2 Å². The summed E-state index contributed by atoms with van der Waals surface area (Å²) in [6, 6.07) is 10.9. The molecule has 5 nitrogen and oxygen atoms in total. The average Bonchev–Trinajstić information content (AvgIpc) is 3.13. The largest absolute Gasteiger partial charge is 0.341 e. The summed E-state index contributed by atoms with van der Waals surface area (Å²) in [5.74, 6) is -2.17. The zero-order valence-electron chi connectivity index (χ0n) is 21.3. The van der Waals surface area contributed by atoms with Crippen LogP contribution in [0.4, 0.5) is 8.78 Å². The van der Waals surface area contributed by atoms with E-state index < -0.39 is 17.6 Å². The van der Waals surface area contributed by atoms with Gasteiger partial charge in [0.05, 0.1) is 12.0 Å². The molecular weight excluding hydrogens is 484 g/mol. The molecular formula is C28H34ClF2N3O2. The van der Waals surface area contributed by atoms with Gasteiger partial charge in [-0.3, -0.25) is 14.5 Å². The van der Waals surface area contributed by atoms with E-state index in [0.717, 1.165) is 11.6 Å². The van der Waals surface area contributed by atoms with Crippen LogP contribution < -0.4 is 0 Å². The van der Waals surface area contributed by atoms with E-state index in [1.165, 1.54) is 12.1 Å². The summed E-state index contributed by atoms with van der Waals surface area (Å²) >= 11 is 6.06. The second-order valence-corrected chi connectivity index (χ2v) is 11.3. The van der Waals surface area contributed by atoms with Crippen molar-refractivity contribution in [2.75, 3.05) is 32.7 Å². The summed E-state index contributed by atoms with van der Waals surface area (Å²) in [4.78, 5) is 32.3. The molecule has 3 atom stereocenters. The van der Waals surface area contributed by atoms with E-state index in [0.29, 0.717) is 49.7 Å². The van der Waals surface area contributed by atoms with Crippen molar-refractivity contribution in [3.63, 3.8) is 0 Å². The van der Waals surface area contributed by atoms with Crippen LogP contribution in [-0.4, -0.2) is 64.8 Å². The van der Waals surface area contributed by atoms with Crippen molar-refractivity contribution in [1.29, 1.82) is 0 Å². The highest BCUT2D eigenvalue weighted by Gasteiger charge is 2.45. The Labute approximate surface area is 217 Å². The molecule has 0 saturated carbocycles. The number of benzene rings is 2. The van der Waals surface area contributed by atoms with Gasteiger partial charge in [0.2, 0.25) is 11.8 Å². The number of likely N-dealkylation sites (tertiary alicyclic amines) is 1. The Balaban J connectivity index is 1.60. The quantitative estimate of drug-likeness (QED) is 0.558. The Morgan fingerprint density at radius 2 is 1.67 bits per heavy atom. The van der Waals surface area contributed by atoms with Crippen LogP contribution in [0.15, 0.2) is 42.5 Å². The van der Waals surface area contributed by atoms with Crippen molar-refractivity contribution in [3.05, 3.63) is 70.2 Å². The maximum atomic E-state index is 14.8. The molecule has 2 fully saturated rings. The molecule has 2 aromatic rings. The van der Waals surface area contributed by atoms with Gasteiger partial charge in [0.25, 0.3) is 0 Å². The molecule has 0 spiro atoms. The molecule has 8 heteroatoms. The van der Waals surface area contributed by atoms with Gasteiger partial charge in [-0.2, -0.15) is 0 Å². The third-order valence-corrected chi connectivity index (χ3v) is 7.83. The molecule has 2 aromatic carbocycles. The molecule has 0 aliphatic carbocycles. The van der Waals surface area contributed by atoms with Crippen LogP contribution in [0.25, 0.3) is 0 Å². The summed E-state index contributed by atoms with van der Waals surface area (Å²) in [7, 11) is 0. The number of nitrogens with zero attached hydrogens (tertiary/aromatic N) is 3. The lowest BCUT2D eigenvalue weighted by atomic mass is 9.87. The van der Waals surface area contributed by atoms with Gasteiger partial charge >= 0.3 is 0 Å². The van der Waals surface area contributed by atoms with Gasteiger partial charge in [0, 0.05) is 62.2 Å². The number of hydrogen-bond donors (Lipinski definition) is 0. The summed E-state index contributed by atoms with van der Waals surface area (Å²) in [5, 5.41) is 0.627. The summed E-state index contributed by atoms with van der Waals surface area (Å²) in [6.07, 6.45) is 0.595. The zero-order chi connectivity index (χ0) is 26.2. The Morgan fingerprint density at radius 1 is 0.972 bits per heavy atom. The standard InChI is InChI=1S/C28H34ClF2N3O2/c1-18(35)34-14-13-32(12-11-26(34)19-5-7-20(29)8-6-19)27(36)24-17-33(28(2,3)4)16-23(24)22-10-9-21(30)15-25(22)31/h5-10,15,23-24,26H,11-14,16-17H2,1-4H3/t23-,24+,26?/m0/s1. The predicted molar refractivity (Wildman–Crippen MR) is 137 cm³/mol. The van der Waals surface area contributed by atoms with Gasteiger partial charge in [-0.05, 0) is 56.5 Å². The SMILES string of the molecule is CC(=O)N1CCN(C(=O)[C@@H]2CN(C(C)(C)C)C[C@H]2c2ccc(F)cc2F)CCC1c1ccc(Cl)cc1. The number of rotatable bonds is 3. The minimum absolute atomic E-state index is 0.0456. The minimum Gasteiger partial charge on any atom is -0.341 e. The maximum absolute atomic E-state index is 14.8. The van der Waals surface area contributed by atoms with Crippen LogP contribution >= 0.6 is 11.6 Å². The summed E-state index contributed by atoms with van der Waals surface area (Å²) in [5.41, 5.74) is 1.16. The normalized spacial score (nSPS) is 23.6. The molecule has 0 bridgehead atoms. The number of carbonyl (C=O) groups is 2. The first-order valence-corrected chi connectivity index (χ1v) is 12.8. The fraction of sp³-hybridized carbons (Fsp3) is 0.500. The number of hydrogen-bond acceptors (Lipinski definition) is 3. The van der Waals surface area contributed by atoms with Crippen LogP contribution in [0, 0.1) is 17.6 Å². The molecule has 0 aromatic heterocycles. The minimum atomic E-state index is -0.630. The number of amides is 2. The Bertz CT molecular complexity index is 1120. The van der Waals surface area contributed by atoms with Crippen molar-refractivity contribution in [2.45, 2.75) is 51.6 Å². The van der Waals surface area contributed by atoms with Crippen LogP contribution in [0.2, 0.25) is 5.02 Å². The van der Waals surface area contributed by atoms with Gasteiger partial charge in [-0.15, -0.1) is 0 Å². The Morgan fingerprint density at radius 3 is 2.28 bits per heavy atom. The molecule has 0 N–H and O–H groups in total. The summed E-state index contributed by atoms with van der Waals surface area (Å²) in [6.45, 7) is 10.1. The zero-order valence-corrected chi connectivity index (χ0v) is 22.1. The highest BCUT2D eigenvalue weighted by molar-refractivity contribution is 6.30. The molecule has 0 radical (unpaired) electrons. The highest BCUT2D eigenvalue weighted by atomic mass is 35.5. The molecule has 2 saturated heterocycles. The van der Waals surface area contributed by atoms with E-state index in [-0.39, 0.29) is 29.3 Å². The van der Waals surface area contributed by atoms with E-state index >= 15 is 0 Å². The second kappa shape index (κ2) is 10.5. The lowest BCUT2D eigenvalue weighted by Crippen LogP contribution is -2.43. The first kappa shape index (κ1) is 26.6. The molecule has 36 heavy (non-hydrogen) atoms. The second-order valence-electron chi connectivity index (χ2n) is 10.8. The molecule has 194 valence electrons. The average molecular weight is 518 g/mol. The van der Waals surface area contributed by atoms with Crippen LogP contribution in [-0.2, 0) is 9.59 Å². The first-order valence-electron chi connectivity index (χ1n) is 12.5. The first-order chi connectivity index (χ1) is 17.0. The van der Waals surface area contributed by atoms with Crippen molar-refractivity contribution in [3.8, 4) is 0 Å². The molecule has 2 aliphatic rings. The fourth-order valence-electron chi connectivity index (χ4n) is 5.51. The van der Waals surface area contributed by atoms with E-state index in [4.69, 9.17) is 11.6 Å². The molecule has 2 amide bonds. The molecule has 1 unspecified atom stereocenters. The van der Waals surface area contributed by atoms with Gasteiger partial charge in [-0.25, -0.2) is 8.78 Å². The molecule has 2 aliphatic heterocycles. The van der Waals surface area contributed by atoms with Crippen molar-refractivity contribution >= 4 is 23.4 Å². The third kappa shape index (κ3) is 5.57. The molecule has 2 heterocycles. The van der Waals surface area contributed by atoms with E-state index in [9.17, 15) is 18.4 Å². The predicted octanol–water partition coefficient (Wildman–Crippen LogP) is 5.25. The highest BCUT2D eigenvalue weighted by Crippen LogP contribution is 2.39. The van der Waals surface area contributed by atoms with Crippen LogP contribution in [0.3, 0.4) is 0 Å². The fourth-order valence-corrected chi connectivity index (χ4v) is 5.64. The van der Waals surface area contributed by atoms with Gasteiger partial charge in [0.1, 0.15) is 11.6 Å².